The van der Waals surface area contributed by atoms with E-state index in [-0.39, 0.29) is 35.0 Å². The number of hydrogen-bond donors (Lipinski definition) is 1. The van der Waals surface area contributed by atoms with Crippen molar-refractivity contribution >= 4 is 39.0 Å². The molecule has 0 aromatic heterocycles. The lowest BCUT2D eigenvalue weighted by Crippen LogP contribution is -2.52. The number of halogens is 1. The molecule has 10 heteroatoms. The molecule has 254 valence electrons. The number of carbonyl (C=O) groups is 2. The van der Waals surface area contributed by atoms with Crippen LogP contribution in [0.5, 0.6) is 5.75 Å². The minimum atomic E-state index is -3.98. The second-order valence-corrected chi connectivity index (χ2v) is 16.6. The summed E-state index contributed by atoms with van der Waals surface area (Å²) in [5.41, 5.74) is 2.50. The fourth-order valence-electron chi connectivity index (χ4n) is 7.48. The van der Waals surface area contributed by atoms with E-state index in [2.05, 4.69) is 15.7 Å². The molecule has 47 heavy (non-hydrogen) atoms. The van der Waals surface area contributed by atoms with Gasteiger partial charge in [0.15, 0.2) is 0 Å². The largest absolute Gasteiger partial charge is 0.487 e. The molecule has 4 aliphatic rings. The highest BCUT2D eigenvalue weighted by atomic mass is 35.5. The van der Waals surface area contributed by atoms with Gasteiger partial charge in [0, 0.05) is 43.1 Å². The average Bonchev–Trinajstić information content (AvgIpc) is 3.88. The van der Waals surface area contributed by atoms with E-state index in [1.54, 1.807) is 32.2 Å². The summed E-state index contributed by atoms with van der Waals surface area (Å²) in [7, 11) is -2.27. The van der Waals surface area contributed by atoms with E-state index in [1.807, 2.05) is 31.2 Å². The predicted octanol–water partition coefficient (Wildman–Crippen LogP) is 6.89. The van der Waals surface area contributed by atoms with E-state index < -0.39 is 26.8 Å². The number of amides is 1. The first kappa shape index (κ1) is 34.0. The Morgan fingerprint density at radius 3 is 2.62 bits per heavy atom. The standard InChI is InChI=1S/C37H47ClN2O6S/c1-24-7-6-17-37(45-3,21-34(41)26-9-10-26)32-15-12-29(32)22-40-18-5-4-8-27-19-31(38)14-11-30(27)23-46-35-16-13-28(20-33(35)40)36(42)39-47(43,44)25(24)2/h6,11,13-14,16-17,19-20,24-26,29,32H,4-5,7-10,12,15,18,21-23H2,1-3H3,(H,39,42)/b17-6+/t24-,25+,29-,32+,37+/m0/s1. The molecule has 2 fully saturated rings. The van der Waals surface area contributed by atoms with Gasteiger partial charge in [0.1, 0.15) is 18.1 Å². The number of rotatable bonds is 4. The average molecular weight is 683 g/mol. The zero-order valence-corrected chi connectivity index (χ0v) is 29.2. The summed E-state index contributed by atoms with van der Waals surface area (Å²) in [4.78, 5) is 29.1. The number of benzene rings is 2. The van der Waals surface area contributed by atoms with Crippen molar-refractivity contribution < 1.29 is 27.5 Å². The molecule has 2 aromatic carbocycles. The molecule has 5 atom stereocenters. The van der Waals surface area contributed by atoms with Crippen molar-refractivity contribution in [2.24, 2.45) is 23.7 Å². The Labute approximate surface area is 284 Å². The molecule has 2 aliphatic carbocycles. The van der Waals surface area contributed by atoms with E-state index in [0.29, 0.717) is 36.8 Å². The first-order valence-corrected chi connectivity index (χ1v) is 19.0. The molecule has 8 nitrogen and oxygen atoms in total. The van der Waals surface area contributed by atoms with Crippen molar-refractivity contribution in [3.8, 4) is 5.75 Å². The lowest BCUT2D eigenvalue weighted by Gasteiger charge is -2.50. The fraction of sp³-hybridized carbons (Fsp3) is 0.568. The van der Waals surface area contributed by atoms with Gasteiger partial charge in [-0.1, -0.05) is 36.7 Å². The Hall–Kier alpha value is -2.88. The Balaban J connectivity index is 1.41. The lowest BCUT2D eigenvalue weighted by atomic mass is 9.62. The topological polar surface area (TPSA) is 102 Å². The highest BCUT2D eigenvalue weighted by molar-refractivity contribution is 7.90. The number of aryl methyl sites for hydroxylation is 1. The molecule has 2 saturated carbocycles. The summed E-state index contributed by atoms with van der Waals surface area (Å²) in [5, 5.41) is -0.120. The second-order valence-electron chi connectivity index (χ2n) is 14.1. The number of ketones is 1. The summed E-state index contributed by atoms with van der Waals surface area (Å²) in [5.74, 6) is 0.453. The van der Waals surface area contributed by atoms with Crippen molar-refractivity contribution in [1.29, 1.82) is 0 Å². The maximum absolute atomic E-state index is 13.5. The van der Waals surface area contributed by atoms with Crippen LogP contribution in [-0.2, 0) is 32.6 Å². The molecule has 2 bridgehead atoms. The van der Waals surface area contributed by atoms with Crippen LogP contribution in [0.1, 0.15) is 86.7 Å². The third-order valence-electron chi connectivity index (χ3n) is 11.0. The van der Waals surface area contributed by atoms with Crippen LogP contribution in [0.4, 0.5) is 5.69 Å². The van der Waals surface area contributed by atoms with Gasteiger partial charge < -0.3 is 14.4 Å². The van der Waals surface area contributed by atoms with Crippen LogP contribution < -0.4 is 14.4 Å². The van der Waals surface area contributed by atoms with Gasteiger partial charge in [0.2, 0.25) is 10.0 Å². The molecule has 0 spiro atoms. The number of anilines is 1. The number of sulfonamides is 1. The van der Waals surface area contributed by atoms with Gasteiger partial charge in [-0.05, 0) is 118 Å². The lowest BCUT2D eigenvalue weighted by molar-refractivity contribution is -0.132. The summed E-state index contributed by atoms with van der Waals surface area (Å²) in [6, 6.07) is 11.1. The molecular weight excluding hydrogens is 636 g/mol. The Kier molecular flexibility index (Phi) is 10.1. The smallest absolute Gasteiger partial charge is 0.264 e. The van der Waals surface area contributed by atoms with E-state index in [9.17, 15) is 18.0 Å². The van der Waals surface area contributed by atoms with E-state index in [4.69, 9.17) is 21.1 Å². The molecule has 1 amide bonds. The van der Waals surface area contributed by atoms with Crippen molar-refractivity contribution in [3.05, 3.63) is 70.3 Å². The zero-order chi connectivity index (χ0) is 33.3. The minimum Gasteiger partial charge on any atom is -0.487 e. The van der Waals surface area contributed by atoms with E-state index in [0.717, 1.165) is 62.7 Å². The quantitative estimate of drug-likeness (QED) is 0.351. The molecule has 0 saturated heterocycles. The highest BCUT2D eigenvalue weighted by Crippen LogP contribution is 2.49. The normalized spacial score (nSPS) is 30.3. The number of nitrogens with one attached hydrogen (secondary N) is 1. The fourth-order valence-corrected chi connectivity index (χ4v) is 8.96. The van der Waals surface area contributed by atoms with E-state index >= 15 is 0 Å². The SMILES string of the molecule is CO[C@@]1(CC(=O)C2CC2)/C=C/C[C@H](C)[C@@H](C)S(=O)(=O)NC(=O)c2ccc3c(c2)N(CCCCc2cc(Cl)ccc2CO3)C[C@@H]2CC[C@H]21. The van der Waals surface area contributed by atoms with Crippen LogP contribution in [0.15, 0.2) is 48.6 Å². The third-order valence-corrected chi connectivity index (χ3v) is 13.2. The zero-order valence-electron chi connectivity index (χ0n) is 27.7. The van der Waals surface area contributed by atoms with Crippen molar-refractivity contribution in [3.63, 3.8) is 0 Å². The predicted molar refractivity (Wildman–Crippen MR) is 184 cm³/mol. The van der Waals surface area contributed by atoms with Crippen LogP contribution in [0.2, 0.25) is 5.02 Å². The van der Waals surface area contributed by atoms with E-state index in [1.165, 1.54) is 5.56 Å². The molecule has 1 N–H and O–H groups in total. The molecule has 2 heterocycles. The molecule has 2 aromatic rings. The minimum absolute atomic E-state index is 0.120. The molecule has 2 aliphatic heterocycles. The first-order valence-electron chi connectivity index (χ1n) is 17.1. The van der Waals surface area contributed by atoms with Crippen LogP contribution in [0, 0.1) is 23.7 Å². The molecule has 6 rings (SSSR count). The summed E-state index contributed by atoms with van der Waals surface area (Å²) in [6.07, 6.45) is 11.4. The van der Waals surface area contributed by atoms with Gasteiger partial charge in [-0.2, -0.15) is 0 Å². The number of hydrogen-bond acceptors (Lipinski definition) is 7. The highest BCUT2D eigenvalue weighted by Gasteiger charge is 2.49. The number of allylic oxidation sites excluding steroid dienone is 1. The Bertz CT molecular complexity index is 1640. The molecular formula is C37H47ClN2O6S. The summed E-state index contributed by atoms with van der Waals surface area (Å²) in [6.45, 7) is 5.28. The van der Waals surface area contributed by atoms with Gasteiger partial charge in [0.05, 0.1) is 16.5 Å². The maximum atomic E-state index is 13.5. The van der Waals surface area contributed by atoms with Crippen LogP contribution >= 0.6 is 11.6 Å². The number of nitrogens with zero attached hydrogens (tertiary/aromatic N) is 1. The third kappa shape index (κ3) is 7.42. The number of fused-ring (bicyclic) bond motifs is 3. The Morgan fingerprint density at radius 2 is 1.89 bits per heavy atom. The van der Waals surface area contributed by atoms with Crippen molar-refractivity contribution in [2.75, 3.05) is 25.1 Å². The first-order chi connectivity index (χ1) is 22.5. The van der Waals surface area contributed by atoms with Crippen molar-refractivity contribution in [2.45, 2.75) is 89.1 Å². The molecule has 0 radical (unpaired) electrons. The maximum Gasteiger partial charge on any atom is 0.264 e. The van der Waals surface area contributed by atoms with Gasteiger partial charge >= 0.3 is 0 Å². The van der Waals surface area contributed by atoms with Gasteiger partial charge in [0.25, 0.3) is 5.91 Å². The second kappa shape index (κ2) is 13.9. The number of methoxy groups -OCH3 is 1. The monoisotopic (exact) mass is 682 g/mol. The van der Waals surface area contributed by atoms with Crippen molar-refractivity contribution in [1.82, 2.24) is 4.72 Å². The van der Waals surface area contributed by atoms with Crippen LogP contribution in [0.25, 0.3) is 0 Å². The van der Waals surface area contributed by atoms with Gasteiger partial charge in [-0.15, -0.1) is 0 Å². The van der Waals surface area contributed by atoms with Gasteiger partial charge in [-0.25, -0.2) is 13.1 Å². The van der Waals surface area contributed by atoms with Crippen LogP contribution in [-0.4, -0.2) is 51.2 Å². The number of carbonyl (C=O) groups excluding carboxylic acids is 2. The molecule has 0 unspecified atom stereocenters. The van der Waals surface area contributed by atoms with Gasteiger partial charge in [-0.3, -0.25) is 9.59 Å². The van der Waals surface area contributed by atoms with Crippen LogP contribution in [0.3, 0.4) is 0 Å². The summed E-state index contributed by atoms with van der Waals surface area (Å²) >= 11 is 6.36. The number of Topliss-reactive ketones (excluding diaryl/α,β-unsaturated/α-hetero) is 1. The number of ether oxygens (including phenoxy) is 2. The summed E-state index contributed by atoms with van der Waals surface area (Å²) < 4.78 is 42.0. The Morgan fingerprint density at radius 1 is 1.09 bits per heavy atom.